The summed E-state index contributed by atoms with van der Waals surface area (Å²) in [6.45, 7) is 0.335. The molecule has 7 nitrogen and oxygen atoms in total. The number of amides is 2. The molecule has 0 fully saturated rings. The van der Waals surface area contributed by atoms with Crippen molar-refractivity contribution in [1.29, 1.82) is 0 Å². The number of likely N-dealkylation sites (N-methyl/N-ethyl adjacent to an activating group) is 1. The smallest absolute Gasteiger partial charge is 0.254 e. The van der Waals surface area contributed by atoms with Crippen molar-refractivity contribution in [2.75, 3.05) is 27.5 Å². The first-order valence-corrected chi connectivity index (χ1v) is 12.0. The number of aromatic nitrogens is 1. The maximum absolute atomic E-state index is 13.7. The van der Waals surface area contributed by atoms with E-state index in [9.17, 15) is 9.59 Å². The van der Waals surface area contributed by atoms with Crippen molar-refractivity contribution < 1.29 is 19.1 Å². The molecule has 4 rings (SSSR count). The van der Waals surface area contributed by atoms with Crippen LogP contribution in [0.4, 0.5) is 0 Å². The quantitative estimate of drug-likeness (QED) is 0.517. The summed E-state index contributed by atoms with van der Waals surface area (Å²) in [5.74, 6) is -0.0865. The van der Waals surface area contributed by atoms with Gasteiger partial charge in [0.1, 0.15) is 0 Å². The van der Waals surface area contributed by atoms with E-state index in [-0.39, 0.29) is 11.8 Å². The summed E-state index contributed by atoms with van der Waals surface area (Å²) >= 11 is 1.64. The molecule has 2 aromatic carbocycles. The van der Waals surface area contributed by atoms with Crippen LogP contribution in [0.5, 0.6) is 11.5 Å². The zero-order valence-corrected chi connectivity index (χ0v) is 20.4. The number of nitrogens with one attached hydrogen (secondary N) is 1. The van der Waals surface area contributed by atoms with E-state index in [4.69, 9.17) is 9.47 Å². The van der Waals surface area contributed by atoms with Crippen molar-refractivity contribution in [1.82, 2.24) is 15.2 Å². The minimum absolute atomic E-state index is 0.175. The molecular weight excluding hydrogens is 450 g/mol. The van der Waals surface area contributed by atoms with Crippen molar-refractivity contribution in [3.05, 3.63) is 83.2 Å². The Hall–Kier alpha value is -3.52. The van der Waals surface area contributed by atoms with Crippen molar-refractivity contribution in [3.8, 4) is 11.5 Å². The molecule has 0 unspecified atom stereocenters. The number of pyridine rings is 1. The monoisotopic (exact) mass is 477 g/mol. The van der Waals surface area contributed by atoms with E-state index in [2.05, 4.69) is 10.3 Å². The molecule has 0 saturated heterocycles. The number of hydrogen-bond acceptors (Lipinski definition) is 6. The van der Waals surface area contributed by atoms with Gasteiger partial charge in [-0.3, -0.25) is 14.6 Å². The highest BCUT2D eigenvalue weighted by molar-refractivity contribution is 7.98. The molecule has 176 valence electrons. The van der Waals surface area contributed by atoms with Crippen LogP contribution >= 0.6 is 11.8 Å². The van der Waals surface area contributed by atoms with Gasteiger partial charge in [-0.1, -0.05) is 18.2 Å². The average molecular weight is 478 g/mol. The van der Waals surface area contributed by atoms with Gasteiger partial charge in [-0.15, -0.1) is 11.8 Å². The van der Waals surface area contributed by atoms with E-state index in [0.717, 1.165) is 16.0 Å². The van der Waals surface area contributed by atoms with Gasteiger partial charge in [-0.25, -0.2) is 0 Å². The van der Waals surface area contributed by atoms with Gasteiger partial charge in [-0.2, -0.15) is 0 Å². The van der Waals surface area contributed by atoms with Gasteiger partial charge in [0.25, 0.3) is 5.91 Å². The number of hydrogen-bond donors (Lipinski definition) is 1. The number of benzene rings is 2. The van der Waals surface area contributed by atoms with Gasteiger partial charge in [0.05, 0.1) is 26.2 Å². The lowest BCUT2D eigenvalue weighted by molar-refractivity contribution is -0.124. The molecule has 8 heteroatoms. The Morgan fingerprint density at radius 1 is 1.12 bits per heavy atom. The highest BCUT2D eigenvalue weighted by Crippen LogP contribution is 2.45. The van der Waals surface area contributed by atoms with E-state index in [0.29, 0.717) is 29.2 Å². The number of nitrogens with zero attached hydrogens (tertiary/aromatic N) is 2. The third kappa shape index (κ3) is 4.46. The van der Waals surface area contributed by atoms with Gasteiger partial charge in [0, 0.05) is 36.4 Å². The molecule has 3 aromatic rings. The number of carbonyl (C=O) groups is 2. The van der Waals surface area contributed by atoms with Crippen molar-refractivity contribution in [2.24, 2.45) is 0 Å². The summed E-state index contributed by atoms with van der Waals surface area (Å²) in [5, 5.41) is 3.04. The molecule has 2 atom stereocenters. The molecule has 0 radical (unpaired) electrons. The molecule has 0 aliphatic carbocycles. The zero-order valence-electron chi connectivity index (χ0n) is 19.6. The predicted molar refractivity (Wildman–Crippen MR) is 131 cm³/mol. The lowest BCUT2D eigenvalue weighted by Gasteiger charge is -2.40. The summed E-state index contributed by atoms with van der Waals surface area (Å²) in [5.41, 5.74) is 2.82. The Kier molecular flexibility index (Phi) is 7.07. The molecule has 1 aromatic heterocycles. The molecule has 2 heterocycles. The first kappa shape index (κ1) is 23.6. The third-order valence-electron chi connectivity index (χ3n) is 6.10. The number of thioether (sulfide) groups is 1. The summed E-state index contributed by atoms with van der Waals surface area (Å²) in [6.07, 6.45) is 5.42. The van der Waals surface area contributed by atoms with E-state index in [1.165, 1.54) is 14.2 Å². The van der Waals surface area contributed by atoms with Gasteiger partial charge >= 0.3 is 0 Å². The Labute approximate surface area is 203 Å². The molecule has 1 aliphatic heterocycles. The summed E-state index contributed by atoms with van der Waals surface area (Å²) < 4.78 is 10.9. The van der Waals surface area contributed by atoms with Crippen LogP contribution in [0, 0.1) is 0 Å². The van der Waals surface area contributed by atoms with Gasteiger partial charge in [-0.05, 0) is 53.3 Å². The fourth-order valence-electron chi connectivity index (χ4n) is 4.35. The van der Waals surface area contributed by atoms with Gasteiger partial charge in [0.2, 0.25) is 5.91 Å². The van der Waals surface area contributed by atoms with Crippen molar-refractivity contribution in [2.45, 2.75) is 23.4 Å². The van der Waals surface area contributed by atoms with Crippen molar-refractivity contribution in [3.63, 3.8) is 0 Å². The molecule has 1 aliphatic rings. The Morgan fingerprint density at radius 2 is 1.82 bits per heavy atom. The normalized spacial score (nSPS) is 17.2. The number of methoxy groups -OCH3 is 2. The number of fused-ring (bicyclic) bond motifs is 1. The third-order valence-corrected chi connectivity index (χ3v) is 6.85. The summed E-state index contributed by atoms with van der Waals surface area (Å²) in [6, 6.07) is 14.6. The van der Waals surface area contributed by atoms with Crippen LogP contribution < -0.4 is 14.8 Å². The average Bonchev–Trinajstić information content (AvgIpc) is 2.89. The molecule has 1 N–H and O–H groups in total. The number of carbonyl (C=O) groups excluding carboxylic acids is 2. The standard InChI is InChI=1S/C26H27N3O4S/c1-29-24(17-7-9-18(34-4)10-8-17)23(25(30)28-15-16-6-5-11-27-14-16)19-12-21(32-2)22(33-3)13-20(19)26(29)31/h5-14,23-24H,15H2,1-4H3,(H,28,30)/t23-,24+/m0/s1. The zero-order chi connectivity index (χ0) is 24.2. The minimum Gasteiger partial charge on any atom is -0.493 e. The molecule has 0 bridgehead atoms. The summed E-state index contributed by atoms with van der Waals surface area (Å²) in [4.78, 5) is 34.0. The number of rotatable bonds is 7. The first-order valence-electron chi connectivity index (χ1n) is 10.8. The molecule has 2 amide bonds. The van der Waals surface area contributed by atoms with Crippen LogP contribution in [0.25, 0.3) is 0 Å². The molecule has 0 saturated carbocycles. The largest absolute Gasteiger partial charge is 0.493 e. The Bertz CT molecular complexity index is 1180. The van der Waals surface area contributed by atoms with Crippen LogP contribution in [-0.4, -0.2) is 49.2 Å². The highest BCUT2D eigenvalue weighted by Gasteiger charge is 2.43. The lowest BCUT2D eigenvalue weighted by atomic mass is 9.79. The van der Waals surface area contributed by atoms with E-state index in [1.807, 2.05) is 42.7 Å². The Morgan fingerprint density at radius 3 is 2.44 bits per heavy atom. The topological polar surface area (TPSA) is 80.8 Å². The molecular formula is C26H27N3O4S. The second-order valence-electron chi connectivity index (χ2n) is 7.99. The van der Waals surface area contributed by atoms with E-state index < -0.39 is 12.0 Å². The fraction of sp³-hybridized carbons (Fsp3) is 0.269. The maximum atomic E-state index is 13.7. The Balaban J connectivity index is 1.80. The highest BCUT2D eigenvalue weighted by atomic mass is 32.2. The second kappa shape index (κ2) is 10.2. The van der Waals surface area contributed by atoms with Crippen LogP contribution in [0.15, 0.2) is 65.8 Å². The van der Waals surface area contributed by atoms with Gasteiger partial charge in [0.15, 0.2) is 11.5 Å². The van der Waals surface area contributed by atoms with E-state index >= 15 is 0 Å². The molecule has 34 heavy (non-hydrogen) atoms. The van der Waals surface area contributed by atoms with Crippen LogP contribution in [0.1, 0.15) is 39.0 Å². The fourth-order valence-corrected chi connectivity index (χ4v) is 4.76. The van der Waals surface area contributed by atoms with Crippen molar-refractivity contribution >= 4 is 23.6 Å². The lowest BCUT2D eigenvalue weighted by Crippen LogP contribution is -2.45. The minimum atomic E-state index is -0.644. The predicted octanol–water partition coefficient (Wildman–Crippen LogP) is 4.05. The molecule has 0 spiro atoms. The van der Waals surface area contributed by atoms with Crippen LogP contribution in [0.2, 0.25) is 0 Å². The van der Waals surface area contributed by atoms with E-state index in [1.54, 1.807) is 48.2 Å². The second-order valence-corrected chi connectivity index (χ2v) is 8.86. The SMILES string of the molecule is COc1cc2c(cc1OC)[C@H](C(=O)NCc1cccnc1)[C@@H](c1ccc(SC)cc1)N(C)C2=O. The summed E-state index contributed by atoms with van der Waals surface area (Å²) in [7, 11) is 4.79. The van der Waals surface area contributed by atoms with Gasteiger partial charge < -0.3 is 19.7 Å². The maximum Gasteiger partial charge on any atom is 0.254 e. The first-order chi connectivity index (χ1) is 16.5. The number of ether oxygens (including phenoxy) is 2. The van der Waals surface area contributed by atoms with Crippen LogP contribution in [-0.2, 0) is 11.3 Å². The van der Waals surface area contributed by atoms with Crippen LogP contribution in [0.3, 0.4) is 0 Å².